The van der Waals surface area contributed by atoms with E-state index in [4.69, 9.17) is 4.74 Å². The lowest BCUT2D eigenvalue weighted by atomic mass is 10.0. The molecule has 0 fully saturated rings. The second-order valence-corrected chi connectivity index (χ2v) is 4.42. The van der Waals surface area contributed by atoms with Gasteiger partial charge in [-0.1, -0.05) is 18.2 Å². The predicted molar refractivity (Wildman–Crippen MR) is 69.7 cm³/mol. The number of hydrogen-bond acceptors (Lipinski definition) is 4. The average Bonchev–Trinajstić information content (AvgIpc) is 2.36. The maximum Gasteiger partial charge on any atom is 0.338 e. The third-order valence-electron chi connectivity index (χ3n) is 2.26. The smallest absolute Gasteiger partial charge is 0.338 e. The highest BCUT2D eigenvalue weighted by molar-refractivity contribution is 7.98. The lowest BCUT2D eigenvalue weighted by molar-refractivity contribution is 0.0523. The molecule has 1 aromatic carbocycles. The van der Waals surface area contributed by atoms with Crippen LogP contribution in [0.1, 0.15) is 34.1 Å². The van der Waals surface area contributed by atoms with Crippen molar-refractivity contribution in [1.29, 1.82) is 0 Å². The first-order valence-corrected chi connectivity index (χ1v) is 6.88. The number of rotatable bonds is 6. The number of hydrogen-bond donors (Lipinski definition) is 0. The van der Waals surface area contributed by atoms with Crippen molar-refractivity contribution < 1.29 is 14.3 Å². The van der Waals surface area contributed by atoms with Gasteiger partial charge in [0.1, 0.15) is 0 Å². The quantitative estimate of drug-likeness (QED) is 0.577. The van der Waals surface area contributed by atoms with Crippen LogP contribution in [0.15, 0.2) is 24.3 Å². The Hall–Kier alpha value is -1.29. The van der Waals surface area contributed by atoms with Gasteiger partial charge in [0.2, 0.25) is 0 Å². The fourth-order valence-corrected chi connectivity index (χ4v) is 1.83. The van der Waals surface area contributed by atoms with Crippen molar-refractivity contribution in [3.05, 3.63) is 35.4 Å². The Morgan fingerprint density at radius 3 is 2.47 bits per heavy atom. The maximum absolute atomic E-state index is 11.9. The van der Waals surface area contributed by atoms with E-state index in [0.29, 0.717) is 24.2 Å². The molecule has 0 atom stereocenters. The van der Waals surface area contributed by atoms with Gasteiger partial charge in [0.15, 0.2) is 5.78 Å². The number of thioether (sulfide) groups is 1. The summed E-state index contributed by atoms with van der Waals surface area (Å²) in [5.41, 5.74) is 0.820. The standard InChI is InChI=1S/C13H16O3S/c1-3-16-13(15)11-7-5-4-6-10(11)12(14)8-9-17-2/h4-7H,3,8-9H2,1-2H3. The van der Waals surface area contributed by atoms with Gasteiger partial charge in [-0.25, -0.2) is 4.79 Å². The largest absolute Gasteiger partial charge is 0.462 e. The number of ketones is 1. The molecule has 1 aromatic rings. The van der Waals surface area contributed by atoms with Crippen molar-refractivity contribution >= 4 is 23.5 Å². The van der Waals surface area contributed by atoms with Crippen LogP contribution in [0.25, 0.3) is 0 Å². The van der Waals surface area contributed by atoms with Crippen LogP contribution in [0.2, 0.25) is 0 Å². The molecule has 0 aliphatic carbocycles. The van der Waals surface area contributed by atoms with Gasteiger partial charge in [-0.3, -0.25) is 4.79 Å². The summed E-state index contributed by atoms with van der Waals surface area (Å²) in [6, 6.07) is 6.80. The minimum atomic E-state index is -0.430. The molecule has 92 valence electrons. The molecule has 0 heterocycles. The first kappa shape index (κ1) is 13.8. The summed E-state index contributed by atoms with van der Waals surface area (Å²) in [6.07, 6.45) is 2.39. The molecule has 0 amide bonds. The Kier molecular flexibility index (Phi) is 5.77. The molecular weight excluding hydrogens is 236 g/mol. The number of ether oxygens (including phenoxy) is 1. The summed E-state index contributed by atoms with van der Waals surface area (Å²) >= 11 is 1.61. The van der Waals surface area contributed by atoms with E-state index in [9.17, 15) is 9.59 Å². The van der Waals surface area contributed by atoms with Crippen LogP contribution < -0.4 is 0 Å². The van der Waals surface area contributed by atoms with E-state index < -0.39 is 5.97 Å². The van der Waals surface area contributed by atoms with Crippen molar-refractivity contribution in [2.24, 2.45) is 0 Å². The van der Waals surface area contributed by atoms with Crippen molar-refractivity contribution in [3.8, 4) is 0 Å². The second kappa shape index (κ2) is 7.12. The SMILES string of the molecule is CCOC(=O)c1ccccc1C(=O)CCSC. The molecule has 0 saturated heterocycles. The second-order valence-electron chi connectivity index (χ2n) is 3.43. The first-order chi connectivity index (χ1) is 8.20. The van der Waals surface area contributed by atoms with Gasteiger partial charge in [-0.05, 0) is 19.2 Å². The minimum Gasteiger partial charge on any atom is -0.462 e. The lowest BCUT2D eigenvalue weighted by Crippen LogP contribution is -2.12. The van der Waals surface area contributed by atoms with Gasteiger partial charge in [-0.2, -0.15) is 11.8 Å². The van der Waals surface area contributed by atoms with E-state index in [0.717, 1.165) is 5.75 Å². The van der Waals surface area contributed by atoms with Crippen LogP contribution in [-0.4, -0.2) is 30.4 Å². The van der Waals surface area contributed by atoms with Crippen LogP contribution in [0.4, 0.5) is 0 Å². The third-order valence-corrected chi connectivity index (χ3v) is 2.87. The zero-order valence-corrected chi connectivity index (χ0v) is 10.9. The fourth-order valence-electron chi connectivity index (χ4n) is 1.44. The van der Waals surface area contributed by atoms with Gasteiger partial charge in [-0.15, -0.1) is 0 Å². The summed E-state index contributed by atoms with van der Waals surface area (Å²) in [4.78, 5) is 23.6. The Balaban J connectivity index is 2.91. The van der Waals surface area contributed by atoms with Crippen molar-refractivity contribution in [1.82, 2.24) is 0 Å². The number of Topliss-reactive ketones (excluding diaryl/α,β-unsaturated/α-hetero) is 1. The highest BCUT2D eigenvalue weighted by atomic mass is 32.2. The van der Waals surface area contributed by atoms with Crippen molar-refractivity contribution in [2.75, 3.05) is 18.6 Å². The predicted octanol–water partition coefficient (Wildman–Crippen LogP) is 2.80. The van der Waals surface area contributed by atoms with Crippen LogP contribution in [0.5, 0.6) is 0 Å². The van der Waals surface area contributed by atoms with Gasteiger partial charge >= 0.3 is 5.97 Å². The number of carbonyl (C=O) groups excluding carboxylic acids is 2. The maximum atomic E-state index is 11.9. The Morgan fingerprint density at radius 2 is 1.88 bits per heavy atom. The molecule has 0 saturated carbocycles. The van der Waals surface area contributed by atoms with E-state index in [1.165, 1.54) is 0 Å². The molecule has 0 N–H and O–H groups in total. The molecule has 0 aromatic heterocycles. The Bertz CT molecular complexity index is 401. The monoisotopic (exact) mass is 252 g/mol. The zero-order valence-electron chi connectivity index (χ0n) is 10.1. The molecule has 17 heavy (non-hydrogen) atoms. The normalized spacial score (nSPS) is 10.0. The fraction of sp³-hybridized carbons (Fsp3) is 0.385. The van der Waals surface area contributed by atoms with Crippen molar-refractivity contribution in [2.45, 2.75) is 13.3 Å². The number of carbonyl (C=O) groups is 2. The van der Waals surface area contributed by atoms with Crippen molar-refractivity contribution in [3.63, 3.8) is 0 Å². The van der Waals surface area contributed by atoms with Crippen LogP contribution >= 0.6 is 11.8 Å². The zero-order chi connectivity index (χ0) is 12.7. The molecule has 0 unspecified atom stereocenters. The summed E-state index contributed by atoms with van der Waals surface area (Å²) in [7, 11) is 0. The summed E-state index contributed by atoms with van der Waals surface area (Å²) in [5.74, 6) is 0.319. The molecular formula is C13H16O3S. The van der Waals surface area contributed by atoms with Crippen LogP contribution in [0.3, 0.4) is 0 Å². The van der Waals surface area contributed by atoms with E-state index in [-0.39, 0.29) is 5.78 Å². The van der Waals surface area contributed by atoms with Gasteiger partial charge in [0.25, 0.3) is 0 Å². The first-order valence-electron chi connectivity index (χ1n) is 5.49. The Labute approximate surface area is 106 Å². The van der Waals surface area contributed by atoms with Crippen LogP contribution in [-0.2, 0) is 4.74 Å². The van der Waals surface area contributed by atoms with Gasteiger partial charge in [0, 0.05) is 17.7 Å². The molecule has 3 nitrogen and oxygen atoms in total. The molecule has 0 aliphatic rings. The average molecular weight is 252 g/mol. The van der Waals surface area contributed by atoms with Gasteiger partial charge < -0.3 is 4.74 Å². The summed E-state index contributed by atoms with van der Waals surface area (Å²) in [5, 5.41) is 0. The van der Waals surface area contributed by atoms with Gasteiger partial charge in [0.05, 0.1) is 12.2 Å². The molecule has 1 rings (SSSR count). The van der Waals surface area contributed by atoms with E-state index in [2.05, 4.69) is 0 Å². The number of benzene rings is 1. The van der Waals surface area contributed by atoms with E-state index in [1.54, 1.807) is 43.0 Å². The van der Waals surface area contributed by atoms with Crippen LogP contribution in [0, 0.1) is 0 Å². The minimum absolute atomic E-state index is 0.0111. The lowest BCUT2D eigenvalue weighted by Gasteiger charge is -2.07. The summed E-state index contributed by atoms with van der Waals surface area (Å²) in [6.45, 7) is 2.06. The molecule has 0 aliphatic heterocycles. The summed E-state index contributed by atoms with van der Waals surface area (Å²) < 4.78 is 4.93. The molecule has 0 bridgehead atoms. The third kappa shape index (κ3) is 3.89. The highest BCUT2D eigenvalue weighted by Crippen LogP contribution is 2.14. The number of esters is 1. The topological polar surface area (TPSA) is 43.4 Å². The van der Waals surface area contributed by atoms with E-state index >= 15 is 0 Å². The Morgan fingerprint density at radius 1 is 1.24 bits per heavy atom. The molecule has 0 radical (unpaired) electrons. The highest BCUT2D eigenvalue weighted by Gasteiger charge is 2.16. The molecule has 0 spiro atoms. The molecule has 4 heteroatoms. The van der Waals surface area contributed by atoms with E-state index in [1.807, 2.05) is 6.26 Å².